The highest BCUT2D eigenvalue weighted by Gasteiger charge is 2.21. The lowest BCUT2D eigenvalue weighted by Gasteiger charge is -2.29. The van der Waals surface area contributed by atoms with Crippen LogP contribution in [0.4, 0.5) is 0 Å². The molecule has 0 bridgehead atoms. The molecule has 1 saturated heterocycles. The van der Waals surface area contributed by atoms with Gasteiger partial charge in [0.05, 0.1) is 6.10 Å². The quantitative estimate of drug-likeness (QED) is 0.708. The van der Waals surface area contributed by atoms with Crippen LogP contribution in [0.1, 0.15) is 32.1 Å². The fourth-order valence-electron chi connectivity index (χ4n) is 2.28. The first-order valence-electron chi connectivity index (χ1n) is 6.87. The van der Waals surface area contributed by atoms with Gasteiger partial charge in [-0.25, -0.2) is 0 Å². The summed E-state index contributed by atoms with van der Waals surface area (Å²) in [6.07, 6.45) is 5.72. The number of hydrogen-bond donors (Lipinski definition) is 0. The molecule has 0 spiro atoms. The molecule has 0 saturated carbocycles. The molecule has 0 aromatic heterocycles. The van der Waals surface area contributed by atoms with Crippen molar-refractivity contribution >= 4 is 11.8 Å². The number of rotatable bonds is 6. The molecule has 19 heavy (non-hydrogen) atoms. The second-order valence-corrected chi connectivity index (χ2v) is 6.10. The third-order valence-electron chi connectivity index (χ3n) is 3.32. The minimum absolute atomic E-state index is 0.00575. The van der Waals surface area contributed by atoms with Crippen LogP contribution < -0.4 is 0 Å². The lowest BCUT2D eigenvalue weighted by molar-refractivity contribution is -0.180. The molecular weight excluding hydrogens is 256 g/mol. The Bertz CT molecular complexity index is 391. The lowest BCUT2D eigenvalue weighted by Crippen LogP contribution is -2.28. The van der Waals surface area contributed by atoms with E-state index in [0.717, 1.165) is 25.7 Å². The van der Waals surface area contributed by atoms with Crippen molar-refractivity contribution in [3.63, 3.8) is 0 Å². The molecule has 2 atom stereocenters. The van der Waals surface area contributed by atoms with Crippen LogP contribution in [0.5, 0.6) is 0 Å². The van der Waals surface area contributed by atoms with Crippen molar-refractivity contribution in [3.05, 3.63) is 41.8 Å². The highest BCUT2D eigenvalue weighted by atomic mass is 32.2. The maximum absolute atomic E-state index is 5.86. The fraction of sp³-hybridized carbons (Fsp3) is 0.500. The van der Waals surface area contributed by atoms with Gasteiger partial charge in [-0.3, -0.25) is 0 Å². The van der Waals surface area contributed by atoms with Gasteiger partial charge in [0.1, 0.15) is 0 Å². The number of thioether (sulfide) groups is 1. The summed E-state index contributed by atoms with van der Waals surface area (Å²) in [5, 5.41) is 0. The average molecular weight is 278 g/mol. The predicted molar refractivity (Wildman–Crippen MR) is 80.2 cm³/mol. The number of hydrogen-bond acceptors (Lipinski definition) is 3. The Morgan fingerprint density at radius 2 is 2.16 bits per heavy atom. The molecule has 1 aliphatic heterocycles. The molecule has 104 valence electrons. The molecule has 0 amide bonds. The van der Waals surface area contributed by atoms with E-state index in [1.165, 1.54) is 16.2 Å². The highest BCUT2D eigenvalue weighted by Crippen LogP contribution is 2.30. The van der Waals surface area contributed by atoms with Gasteiger partial charge < -0.3 is 9.47 Å². The van der Waals surface area contributed by atoms with E-state index in [9.17, 15) is 0 Å². The first-order valence-corrected chi connectivity index (χ1v) is 7.68. The highest BCUT2D eigenvalue weighted by molar-refractivity contribution is 8.03. The molecule has 0 N–H and O–H groups in total. The Labute approximate surface area is 120 Å². The number of ether oxygens (including phenoxy) is 2. The third-order valence-corrected chi connectivity index (χ3v) is 4.32. The Morgan fingerprint density at radius 1 is 1.37 bits per heavy atom. The second kappa shape index (κ2) is 7.73. The Morgan fingerprint density at radius 3 is 2.89 bits per heavy atom. The summed E-state index contributed by atoms with van der Waals surface area (Å²) in [5.41, 5.74) is 0. The van der Waals surface area contributed by atoms with Crippen LogP contribution in [0.25, 0.3) is 0 Å². The van der Waals surface area contributed by atoms with Gasteiger partial charge >= 0.3 is 0 Å². The summed E-state index contributed by atoms with van der Waals surface area (Å²) in [6.45, 7) is 4.15. The monoisotopic (exact) mass is 278 g/mol. The SMILES string of the molecule is C=C(CCC1CCCC(OC)O1)Sc1ccccc1. The van der Waals surface area contributed by atoms with Gasteiger partial charge in [-0.05, 0) is 49.1 Å². The third kappa shape index (κ3) is 5.01. The van der Waals surface area contributed by atoms with Gasteiger partial charge in [-0.15, -0.1) is 0 Å². The van der Waals surface area contributed by atoms with E-state index in [0.29, 0.717) is 6.10 Å². The largest absolute Gasteiger partial charge is 0.356 e. The van der Waals surface area contributed by atoms with Crippen molar-refractivity contribution < 1.29 is 9.47 Å². The Kier molecular flexibility index (Phi) is 5.95. The van der Waals surface area contributed by atoms with Gasteiger partial charge in [-0.2, -0.15) is 0 Å². The Balaban J connectivity index is 1.71. The van der Waals surface area contributed by atoms with Gasteiger partial charge in [0, 0.05) is 12.0 Å². The van der Waals surface area contributed by atoms with Crippen molar-refractivity contribution in [3.8, 4) is 0 Å². The summed E-state index contributed by atoms with van der Waals surface area (Å²) in [7, 11) is 1.72. The normalized spacial score (nSPS) is 23.2. The van der Waals surface area contributed by atoms with E-state index in [1.54, 1.807) is 18.9 Å². The van der Waals surface area contributed by atoms with Gasteiger partial charge in [0.15, 0.2) is 6.29 Å². The molecule has 0 aliphatic carbocycles. The van der Waals surface area contributed by atoms with Gasteiger partial charge in [0.2, 0.25) is 0 Å². The number of methoxy groups -OCH3 is 1. The van der Waals surface area contributed by atoms with Crippen molar-refractivity contribution in [2.24, 2.45) is 0 Å². The van der Waals surface area contributed by atoms with Crippen molar-refractivity contribution in [2.45, 2.75) is 49.4 Å². The minimum Gasteiger partial charge on any atom is -0.356 e. The van der Waals surface area contributed by atoms with Crippen LogP contribution in [0, 0.1) is 0 Å². The summed E-state index contributed by atoms with van der Waals surface area (Å²) in [4.78, 5) is 2.46. The van der Waals surface area contributed by atoms with Crippen LogP contribution >= 0.6 is 11.8 Å². The van der Waals surface area contributed by atoms with Crippen LogP contribution in [-0.2, 0) is 9.47 Å². The Hall–Kier alpha value is -0.770. The van der Waals surface area contributed by atoms with E-state index >= 15 is 0 Å². The summed E-state index contributed by atoms with van der Waals surface area (Å²) < 4.78 is 11.1. The van der Waals surface area contributed by atoms with E-state index in [4.69, 9.17) is 9.47 Å². The van der Waals surface area contributed by atoms with E-state index in [2.05, 4.69) is 30.8 Å². The molecule has 1 aliphatic rings. The molecule has 2 unspecified atom stereocenters. The molecule has 0 radical (unpaired) electrons. The molecule has 3 heteroatoms. The average Bonchev–Trinajstić information content (AvgIpc) is 2.46. The van der Waals surface area contributed by atoms with Crippen LogP contribution in [0.3, 0.4) is 0 Å². The fourth-order valence-corrected chi connectivity index (χ4v) is 3.12. The standard InChI is InChI=1S/C16H22O2S/c1-13(19-15-8-4-3-5-9-15)11-12-14-7-6-10-16(17-2)18-14/h3-5,8-9,14,16H,1,6-7,10-12H2,2H3. The molecule has 1 aromatic rings. The topological polar surface area (TPSA) is 18.5 Å². The lowest BCUT2D eigenvalue weighted by atomic mass is 10.0. The molecular formula is C16H22O2S. The first-order chi connectivity index (χ1) is 9.28. The number of benzene rings is 1. The van der Waals surface area contributed by atoms with Crippen LogP contribution in [0.2, 0.25) is 0 Å². The van der Waals surface area contributed by atoms with Crippen molar-refractivity contribution in [1.29, 1.82) is 0 Å². The summed E-state index contributed by atoms with van der Waals surface area (Å²) >= 11 is 1.76. The summed E-state index contributed by atoms with van der Waals surface area (Å²) in [6, 6.07) is 10.4. The summed E-state index contributed by atoms with van der Waals surface area (Å²) in [5.74, 6) is 0. The van der Waals surface area contributed by atoms with Crippen molar-refractivity contribution in [2.75, 3.05) is 7.11 Å². The zero-order valence-corrected chi connectivity index (χ0v) is 12.3. The van der Waals surface area contributed by atoms with E-state index in [1.807, 2.05) is 6.07 Å². The molecule has 1 fully saturated rings. The second-order valence-electron chi connectivity index (χ2n) is 4.85. The maximum Gasteiger partial charge on any atom is 0.157 e. The molecule has 2 nitrogen and oxygen atoms in total. The van der Waals surface area contributed by atoms with Crippen LogP contribution in [0.15, 0.2) is 46.7 Å². The molecule has 1 heterocycles. The van der Waals surface area contributed by atoms with Gasteiger partial charge in [0.25, 0.3) is 0 Å². The molecule has 1 aromatic carbocycles. The van der Waals surface area contributed by atoms with Gasteiger partial charge in [-0.1, -0.05) is 36.5 Å². The maximum atomic E-state index is 5.86. The smallest absolute Gasteiger partial charge is 0.157 e. The van der Waals surface area contributed by atoms with Crippen LogP contribution in [-0.4, -0.2) is 19.5 Å². The van der Waals surface area contributed by atoms with E-state index in [-0.39, 0.29) is 6.29 Å². The number of allylic oxidation sites excluding steroid dienone is 1. The van der Waals surface area contributed by atoms with E-state index < -0.39 is 0 Å². The van der Waals surface area contributed by atoms with Crippen molar-refractivity contribution in [1.82, 2.24) is 0 Å². The zero-order valence-electron chi connectivity index (χ0n) is 11.5. The first kappa shape index (κ1) is 14.6. The minimum atomic E-state index is -0.00575. The predicted octanol–water partition coefficient (Wildman–Crippen LogP) is 4.61. The zero-order chi connectivity index (χ0) is 13.5. The molecule has 2 rings (SSSR count).